The highest BCUT2D eigenvalue weighted by Gasteiger charge is 2.01. The fraction of sp³-hybridized carbons (Fsp3) is 0.143. The van der Waals surface area contributed by atoms with E-state index in [0.717, 1.165) is 28.1 Å². The molecule has 0 spiro atoms. The van der Waals surface area contributed by atoms with Crippen molar-refractivity contribution in [3.63, 3.8) is 0 Å². The second-order valence-electron chi connectivity index (χ2n) is 4.07. The maximum absolute atomic E-state index is 10.4. The van der Waals surface area contributed by atoms with Crippen molar-refractivity contribution in [1.82, 2.24) is 4.98 Å². The van der Waals surface area contributed by atoms with Crippen molar-refractivity contribution in [1.29, 1.82) is 0 Å². The van der Waals surface area contributed by atoms with E-state index in [1.807, 2.05) is 31.2 Å². The van der Waals surface area contributed by atoms with Gasteiger partial charge in [0.1, 0.15) is 5.15 Å². The molecule has 18 heavy (non-hydrogen) atoms. The maximum Gasteiger partial charge on any atom is 0.327 e. The molecular weight excluding hydrogens is 250 g/mol. The Morgan fingerprint density at radius 2 is 2.22 bits per heavy atom. The number of aliphatic carboxylic acids is 1. The van der Waals surface area contributed by atoms with Crippen LogP contribution in [0.2, 0.25) is 5.15 Å². The second-order valence-corrected chi connectivity index (χ2v) is 4.43. The zero-order valence-electron chi connectivity index (χ0n) is 9.85. The van der Waals surface area contributed by atoms with E-state index >= 15 is 0 Å². The van der Waals surface area contributed by atoms with Crippen molar-refractivity contribution in [2.24, 2.45) is 0 Å². The Hall–Kier alpha value is -1.87. The molecule has 0 saturated carbocycles. The largest absolute Gasteiger partial charge is 0.478 e. The van der Waals surface area contributed by atoms with Crippen LogP contribution in [0.4, 0.5) is 0 Å². The number of allylic oxidation sites excluding steroid dienone is 1. The normalized spacial score (nSPS) is 11.2. The number of carboxylic acid groups (broad SMARTS) is 1. The first-order valence-electron chi connectivity index (χ1n) is 5.51. The fourth-order valence-electron chi connectivity index (χ4n) is 1.73. The highest BCUT2D eigenvalue weighted by Crippen LogP contribution is 2.21. The van der Waals surface area contributed by atoms with Gasteiger partial charge < -0.3 is 5.11 Å². The van der Waals surface area contributed by atoms with Gasteiger partial charge in [0.25, 0.3) is 0 Å². The third-order valence-corrected chi connectivity index (χ3v) is 3.00. The van der Waals surface area contributed by atoms with E-state index < -0.39 is 5.97 Å². The van der Waals surface area contributed by atoms with E-state index in [4.69, 9.17) is 16.7 Å². The molecule has 2 rings (SSSR count). The Labute approximate surface area is 110 Å². The second kappa shape index (κ2) is 5.19. The summed E-state index contributed by atoms with van der Waals surface area (Å²) in [5.74, 6) is -0.930. The summed E-state index contributed by atoms with van der Waals surface area (Å²) in [5, 5.41) is 10.0. The Bertz CT molecular complexity index is 635. The van der Waals surface area contributed by atoms with Gasteiger partial charge in [0.2, 0.25) is 0 Å². The van der Waals surface area contributed by atoms with E-state index in [1.165, 1.54) is 0 Å². The molecule has 0 aliphatic carbocycles. The summed E-state index contributed by atoms with van der Waals surface area (Å²) in [6, 6.07) is 7.80. The summed E-state index contributed by atoms with van der Waals surface area (Å²) in [6.07, 6.45) is 3.36. The Kier molecular flexibility index (Phi) is 3.63. The minimum atomic E-state index is -0.930. The summed E-state index contributed by atoms with van der Waals surface area (Å²) in [6.45, 7) is 1.91. The quantitative estimate of drug-likeness (QED) is 0.681. The predicted molar refractivity (Wildman–Crippen MR) is 72.0 cm³/mol. The summed E-state index contributed by atoms with van der Waals surface area (Å²) in [5.41, 5.74) is 2.82. The van der Waals surface area contributed by atoms with Crippen molar-refractivity contribution < 1.29 is 9.90 Å². The van der Waals surface area contributed by atoms with Gasteiger partial charge in [0, 0.05) is 11.5 Å². The van der Waals surface area contributed by atoms with Gasteiger partial charge >= 0.3 is 5.97 Å². The number of nitrogens with zero attached hydrogens (tertiary/aromatic N) is 1. The standard InChI is InChI=1S/C14H12ClNO2/c1-9-7-11-8-10(3-2-4-13(17)18)5-6-12(11)16-14(9)15/h2,4-8H,3H2,1H3,(H,17,18)/b4-2+. The molecule has 3 nitrogen and oxygen atoms in total. The molecule has 0 amide bonds. The van der Waals surface area contributed by atoms with Gasteiger partial charge in [-0.3, -0.25) is 0 Å². The SMILES string of the molecule is Cc1cc2cc(C/C=C/C(=O)O)ccc2nc1Cl. The van der Waals surface area contributed by atoms with Crippen LogP contribution >= 0.6 is 11.6 Å². The van der Waals surface area contributed by atoms with Crippen LogP contribution in [-0.4, -0.2) is 16.1 Å². The first-order valence-corrected chi connectivity index (χ1v) is 5.89. The van der Waals surface area contributed by atoms with Crippen LogP contribution in [0.5, 0.6) is 0 Å². The van der Waals surface area contributed by atoms with Gasteiger partial charge in [-0.15, -0.1) is 0 Å². The third kappa shape index (κ3) is 2.87. The summed E-state index contributed by atoms with van der Waals surface area (Å²) in [7, 11) is 0. The van der Waals surface area contributed by atoms with Gasteiger partial charge in [0.15, 0.2) is 0 Å². The molecule has 0 unspecified atom stereocenters. The van der Waals surface area contributed by atoms with Crippen LogP contribution in [0.25, 0.3) is 10.9 Å². The molecular formula is C14H12ClNO2. The van der Waals surface area contributed by atoms with E-state index in [-0.39, 0.29) is 0 Å². The average molecular weight is 262 g/mol. The number of halogens is 1. The lowest BCUT2D eigenvalue weighted by Crippen LogP contribution is -1.89. The van der Waals surface area contributed by atoms with E-state index in [0.29, 0.717) is 11.6 Å². The minimum Gasteiger partial charge on any atom is -0.478 e. The minimum absolute atomic E-state index is 0.515. The summed E-state index contributed by atoms with van der Waals surface area (Å²) >= 11 is 5.96. The summed E-state index contributed by atoms with van der Waals surface area (Å²) < 4.78 is 0. The van der Waals surface area contributed by atoms with Gasteiger partial charge in [-0.2, -0.15) is 0 Å². The maximum atomic E-state index is 10.4. The Balaban J connectivity index is 2.32. The molecule has 2 aromatic rings. The zero-order valence-corrected chi connectivity index (χ0v) is 10.6. The van der Waals surface area contributed by atoms with Crippen molar-refractivity contribution >= 4 is 28.5 Å². The number of hydrogen-bond acceptors (Lipinski definition) is 2. The van der Waals surface area contributed by atoms with Gasteiger partial charge in [-0.05, 0) is 42.7 Å². The first-order chi connectivity index (χ1) is 8.56. The molecule has 0 aliphatic rings. The van der Waals surface area contributed by atoms with E-state index in [1.54, 1.807) is 6.08 Å². The van der Waals surface area contributed by atoms with Crippen molar-refractivity contribution in [2.45, 2.75) is 13.3 Å². The van der Waals surface area contributed by atoms with Crippen LogP contribution in [0.3, 0.4) is 0 Å². The van der Waals surface area contributed by atoms with Crippen LogP contribution < -0.4 is 0 Å². The van der Waals surface area contributed by atoms with Crippen LogP contribution in [0.1, 0.15) is 11.1 Å². The molecule has 92 valence electrons. The number of rotatable bonds is 3. The molecule has 0 aliphatic heterocycles. The predicted octanol–water partition coefficient (Wildman–Crippen LogP) is 3.38. The highest BCUT2D eigenvalue weighted by molar-refractivity contribution is 6.30. The molecule has 4 heteroatoms. The molecule has 0 atom stereocenters. The molecule has 0 radical (unpaired) electrons. The van der Waals surface area contributed by atoms with E-state index in [9.17, 15) is 4.79 Å². The van der Waals surface area contributed by atoms with Crippen LogP contribution in [0, 0.1) is 6.92 Å². The van der Waals surface area contributed by atoms with Crippen LogP contribution in [-0.2, 0) is 11.2 Å². The number of carboxylic acids is 1. The topological polar surface area (TPSA) is 50.2 Å². The number of fused-ring (bicyclic) bond motifs is 1. The fourth-order valence-corrected chi connectivity index (χ4v) is 1.88. The first kappa shape index (κ1) is 12.6. The number of pyridine rings is 1. The number of carbonyl (C=O) groups is 1. The molecule has 0 fully saturated rings. The highest BCUT2D eigenvalue weighted by atomic mass is 35.5. The van der Waals surface area contributed by atoms with E-state index in [2.05, 4.69) is 4.98 Å². The van der Waals surface area contributed by atoms with Crippen molar-refractivity contribution in [2.75, 3.05) is 0 Å². The average Bonchev–Trinajstić information content (AvgIpc) is 2.30. The molecule has 1 aromatic carbocycles. The monoisotopic (exact) mass is 261 g/mol. The molecule has 1 N–H and O–H groups in total. The lowest BCUT2D eigenvalue weighted by atomic mass is 10.1. The zero-order chi connectivity index (χ0) is 13.1. The molecule has 0 bridgehead atoms. The molecule has 0 saturated heterocycles. The Morgan fingerprint density at radius 3 is 2.94 bits per heavy atom. The van der Waals surface area contributed by atoms with Gasteiger partial charge in [-0.1, -0.05) is 23.7 Å². The smallest absolute Gasteiger partial charge is 0.327 e. The lowest BCUT2D eigenvalue weighted by Gasteiger charge is -2.03. The van der Waals surface area contributed by atoms with Crippen molar-refractivity contribution in [3.05, 3.63) is 52.7 Å². The lowest BCUT2D eigenvalue weighted by molar-refractivity contribution is -0.131. The number of aromatic nitrogens is 1. The number of hydrogen-bond donors (Lipinski definition) is 1. The number of benzene rings is 1. The van der Waals surface area contributed by atoms with Gasteiger partial charge in [0.05, 0.1) is 5.52 Å². The summed E-state index contributed by atoms with van der Waals surface area (Å²) in [4.78, 5) is 14.7. The third-order valence-electron chi connectivity index (χ3n) is 2.62. The molecule has 1 heterocycles. The number of aryl methyl sites for hydroxylation is 1. The van der Waals surface area contributed by atoms with Crippen LogP contribution in [0.15, 0.2) is 36.4 Å². The van der Waals surface area contributed by atoms with Crippen molar-refractivity contribution in [3.8, 4) is 0 Å². The van der Waals surface area contributed by atoms with Gasteiger partial charge in [-0.25, -0.2) is 9.78 Å². The Morgan fingerprint density at radius 1 is 1.44 bits per heavy atom. The molecule has 1 aromatic heterocycles.